The Hall–Kier alpha value is -2.35. The molecule has 1 aliphatic rings. The van der Waals surface area contributed by atoms with E-state index in [1.165, 1.54) is 10.9 Å². The van der Waals surface area contributed by atoms with Crippen LogP contribution in [0.1, 0.15) is 18.5 Å². The van der Waals surface area contributed by atoms with E-state index in [4.69, 9.17) is 4.74 Å². The fourth-order valence-corrected chi connectivity index (χ4v) is 2.85. The van der Waals surface area contributed by atoms with Gasteiger partial charge in [-0.2, -0.15) is 18.3 Å². The van der Waals surface area contributed by atoms with Gasteiger partial charge in [0.05, 0.1) is 17.9 Å². The zero-order valence-corrected chi connectivity index (χ0v) is 13.4. The van der Waals surface area contributed by atoms with Gasteiger partial charge in [-0.3, -0.25) is 4.79 Å². The van der Waals surface area contributed by atoms with Crippen molar-refractivity contribution in [2.24, 2.45) is 0 Å². The lowest BCUT2D eigenvalue weighted by Gasteiger charge is -2.26. The van der Waals surface area contributed by atoms with Gasteiger partial charge in [0, 0.05) is 12.8 Å². The van der Waals surface area contributed by atoms with Gasteiger partial charge in [-0.1, -0.05) is 18.2 Å². The Morgan fingerprint density at radius 3 is 2.68 bits per heavy atom. The number of rotatable bonds is 5. The third kappa shape index (κ3) is 4.39. The average molecular weight is 353 g/mol. The van der Waals surface area contributed by atoms with Gasteiger partial charge in [0.1, 0.15) is 12.6 Å². The number of carbonyl (C=O) groups excluding carboxylic acids is 1. The number of aromatic nitrogens is 2. The second-order valence-electron chi connectivity index (χ2n) is 5.88. The third-order valence-corrected chi connectivity index (χ3v) is 3.96. The number of para-hydroxylation sites is 1. The lowest BCUT2D eigenvalue weighted by atomic mass is 10.2. The molecule has 0 saturated carbocycles. The summed E-state index contributed by atoms with van der Waals surface area (Å²) in [4.78, 5) is 13.3. The van der Waals surface area contributed by atoms with E-state index >= 15 is 0 Å². The molecular formula is C17H18F3N3O2. The van der Waals surface area contributed by atoms with Crippen molar-refractivity contribution in [2.75, 3.05) is 13.2 Å². The molecule has 1 amide bonds. The van der Waals surface area contributed by atoms with Crippen LogP contribution >= 0.6 is 0 Å². The zero-order chi connectivity index (χ0) is 17.9. The van der Waals surface area contributed by atoms with E-state index in [0.29, 0.717) is 25.1 Å². The third-order valence-electron chi connectivity index (χ3n) is 3.96. The Labute approximate surface area is 143 Å². The molecule has 8 heteroatoms. The molecular weight excluding hydrogens is 335 g/mol. The Bertz CT molecular complexity index is 709. The number of benzene rings is 1. The molecule has 25 heavy (non-hydrogen) atoms. The van der Waals surface area contributed by atoms with Crippen LogP contribution in [0.25, 0.3) is 5.69 Å². The fourth-order valence-electron chi connectivity index (χ4n) is 2.85. The molecule has 2 aromatic rings. The number of carbonyl (C=O) groups is 1. The summed E-state index contributed by atoms with van der Waals surface area (Å²) in [5.41, 5.74) is 1.22. The summed E-state index contributed by atoms with van der Waals surface area (Å²) in [5, 5.41) is 4.16. The Kier molecular flexibility index (Phi) is 5.08. The standard InChI is InChI=1S/C17H18F3N3O2/c18-17(19,20)12-22(16(24)15-7-4-10-25-15)11-14-8-9-21-23(14)13-5-2-1-3-6-13/h1-3,5-6,8-9,15H,4,7,10-12H2. The highest BCUT2D eigenvalue weighted by Gasteiger charge is 2.37. The van der Waals surface area contributed by atoms with Crippen molar-refractivity contribution >= 4 is 5.91 Å². The average Bonchev–Trinajstić information content (AvgIpc) is 3.25. The number of ether oxygens (including phenoxy) is 1. The Balaban J connectivity index is 1.83. The largest absolute Gasteiger partial charge is 0.406 e. The normalized spacial score (nSPS) is 17.6. The van der Waals surface area contributed by atoms with Crippen LogP contribution in [-0.4, -0.2) is 46.0 Å². The number of hydrogen-bond donors (Lipinski definition) is 0. The zero-order valence-electron chi connectivity index (χ0n) is 13.4. The van der Waals surface area contributed by atoms with E-state index in [-0.39, 0.29) is 6.54 Å². The SMILES string of the molecule is O=C(C1CCCO1)N(Cc1ccnn1-c1ccccc1)CC(F)(F)F. The molecule has 0 bridgehead atoms. The number of halogens is 3. The molecule has 1 aromatic carbocycles. The smallest absolute Gasteiger partial charge is 0.368 e. The summed E-state index contributed by atoms with van der Waals surface area (Å²) < 4.78 is 45.6. The van der Waals surface area contributed by atoms with Crippen molar-refractivity contribution in [1.82, 2.24) is 14.7 Å². The second kappa shape index (κ2) is 7.26. The summed E-state index contributed by atoms with van der Waals surface area (Å²) in [7, 11) is 0. The molecule has 0 aliphatic carbocycles. The van der Waals surface area contributed by atoms with Gasteiger partial charge in [-0.05, 0) is 31.0 Å². The summed E-state index contributed by atoms with van der Waals surface area (Å²) in [6.07, 6.45) is -2.64. The second-order valence-corrected chi connectivity index (χ2v) is 5.88. The topological polar surface area (TPSA) is 47.4 Å². The number of nitrogens with zero attached hydrogens (tertiary/aromatic N) is 3. The molecule has 1 fully saturated rings. The first-order valence-electron chi connectivity index (χ1n) is 7.99. The van der Waals surface area contributed by atoms with Crippen LogP contribution in [0.15, 0.2) is 42.6 Å². The van der Waals surface area contributed by atoms with Gasteiger partial charge < -0.3 is 9.64 Å². The highest BCUT2D eigenvalue weighted by atomic mass is 19.4. The van der Waals surface area contributed by atoms with E-state index in [1.54, 1.807) is 18.2 Å². The number of hydrogen-bond acceptors (Lipinski definition) is 3. The van der Waals surface area contributed by atoms with Crippen molar-refractivity contribution in [1.29, 1.82) is 0 Å². The Morgan fingerprint density at radius 1 is 1.28 bits per heavy atom. The van der Waals surface area contributed by atoms with Crippen molar-refractivity contribution in [2.45, 2.75) is 31.7 Å². The predicted octanol–water partition coefficient (Wildman–Crippen LogP) is 2.94. The lowest BCUT2D eigenvalue weighted by molar-refractivity contribution is -0.168. The molecule has 134 valence electrons. The predicted molar refractivity (Wildman–Crippen MR) is 84.0 cm³/mol. The van der Waals surface area contributed by atoms with Crippen LogP contribution < -0.4 is 0 Å². The van der Waals surface area contributed by atoms with Gasteiger partial charge >= 0.3 is 6.18 Å². The molecule has 1 aliphatic heterocycles. The first kappa shape index (κ1) is 17.5. The van der Waals surface area contributed by atoms with E-state index < -0.39 is 24.7 Å². The maximum atomic E-state index is 12.9. The van der Waals surface area contributed by atoms with Crippen molar-refractivity contribution < 1.29 is 22.7 Å². The summed E-state index contributed by atoms with van der Waals surface area (Å²) in [6.45, 7) is -1.10. The minimum Gasteiger partial charge on any atom is -0.368 e. The molecule has 2 heterocycles. The molecule has 1 unspecified atom stereocenters. The van der Waals surface area contributed by atoms with Crippen molar-refractivity contribution in [3.63, 3.8) is 0 Å². The van der Waals surface area contributed by atoms with Gasteiger partial charge in [0.25, 0.3) is 5.91 Å². The van der Waals surface area contributed by atoms with Gasteiger partial charge in [0.15, 0.2) is 0 Å². The first-order chi connectivity index (χ1) is 11.9. The minimum atomic E-state index is -4.48. The van der Waals surface area contributed by atoms with Crippen LogP contribution in [0.3, 0.4) is 0 Å². The summed E-state index contributed by atoms with van der Waals surface area (Å²) in [5.74, 6) is -0.629. The molecule has 0 N–H and O–H groups in total. The minimum absolute atomic E-state index is 0.187. The van der Waals surface area contributed by atoms with Crippen LogP contribution in [0.5, 0.6) is 0 Å². The van der Waals surface area contributed by atoms with Gasteiger partial charge in [0.2, 0.25) is 0 Å². The molecule has 5 nitrogen and oxygen atoms in total. The molecule has 3 rings (SSSR count). The fraction of sp³-hybridized carbons (Fsp3) is 0.412. The van der Waals surface area contributed by atoms with E-state index in [0.717, 1.165) is 10.6 Å². The van der Waals surface area contributed by atoms with E-state index in [9.17, 15) is 18.0 Å². The first-order valence-corrected chi connectivity index (χ1v) is 7.99. The molecule has 1 atom stereocenters. The van der Waals surface area contributed by atoms with Crippen LogP contribution in [0.2, 0.25) is 0 Å². The number of amides is 1. The molecule has 0 radical (unpaired) electrons. The monoisotopic (exact) mass is 353 g/mol. The van der Waals surface area contributed by atoms with Crippen molar-refractivity contribution in [3.8, 4) is 5.69 Å². The molecule has 1 saturated heterocycles. The summed E-state index contributed by atoms with van der Waals surface area (Å²) in [6, 6.07) is 10.7. The maximum absolute atomic E-state index is 12.9. The Morgan fingerprint density at radius 2 is 2.04 bits per heavy atom. The van der Waals surface area contributed by atoms with Gasteiger partial charge in [-0.25, -0.2) is 4.68 Å². The van der Waals surface area contributed by atoms with Gasteiger partial charge in [-0.15, -0.1) is 0 Å². The quantitative estimate of drug-likeness (QED) is 0.830. The van der Waals surface area contributed by atoms with E-state index in [1.807, 2.05) is 18.2 Å². The molecule has 1 aromatic heterocycles. The van der Waals surface area contributed by atoms with Crippen LogP contribution in [-0.2, 0) is 16.1 Å². The van der Waals surface area contributed by atoms with Crippen LogP contribution in [0.4, 0.5) is 13.2 Å². The lowest BCUT2D eigenvalue weighted by Crippen LogP contribution is -2.44. The number of alkyl halides is 3. The van der Waals surface area contributed by atoms with E-state index in [2.05, 4.69) is 5.10 Å². The molecule has 0 spiro atoms. The van der Waals surface area contributed by atoms with Crippen molar-refractivity contribution in [3.05, 3.63) is 48.3 Å². The van der Waals surface area contributed by atoms with Crippen LogP contribution in [0, 0.1) is 0 Å². The highest BCUT2D eigenvalue weighted by Crippen LogP contribution is 2.22. The summed E-state index contributed by atoms with van der Waals surface area (Å²) >= 11 is 0. The maximum Gasteiger partial charge on any atom is 0.406 e. The highest BCUT2D eigenvalue weighted by molar-refractivity contribution is 5.81.